The third kappa shape index (κ3) is 4.53. The molecule has 1 saturated heterocycles. The van der Waals surface area contributed by atoms with Crippen LogP contribution in [0.3, 0.4) is 0 Å². The molecule has 0 unspecified atom stereocenters. The number of sulfonamides is 1. The van der Waals surface area contributed by atoms with E-state index < -0.39 is 10.0 Å². The van der Waals surface area contributed by atoms with Crippen molar-refractivity contribution in [1.82, 2.24) is 4.31 Å². The zero-order chi connectivity index (χ0) is 15.5. The van der Waals surface area contributed by atoms with E-state index in [4.69, 9.17) is 5.73 Å². The Morgan fingerprint density at radius 3 is 2.33 bits per heavy atom. The minimum atomic E-state index is -3.23. The molecule has 1 aromatic rings. The van der Waals surface area contributed by atoms with Gasteiger partial charge in [-0.05, 0) is 35.8 Å². The van der Waals surface area contributed by atoms with Crippen LogP contribution < -0.4 is 5.73 Å². The number of rotatable bonds is 4. The summed E-state index contributed by atoms with van der Waals surface area (Å²) in [5, 5.41) is 0. The van der Waals surface area contributed by atoms with Crippen molar-refractivity contribution >= 4 is 10.0 Å². The van der Waals surface area contributed by atoms with Gasteiger partial charge in [0.1, 0.15) is 0 Å². The van der Waals surface area contributed by atoms with E-state index in [1.54, 1.807) is 4.31 Å². The van der Waals surface area contributed by atoms with Crippen molar-refractivity contribution in [1.29, 1.82) is 0 Å². The second-order valence-corrected chi connectivity index (χ2v) is 8.66. The molecule has 1 aliphatic heterocycles. The van der Waals surface area contributed by atoms with Crippen LogP contribution in [0.15, 0.2) is 24.3 Å². The van der Waals surface area contributed by atoms with Gasteiger partial charge in [-0.3, -0.25) is 0 Å². The van der Waals surface area contributed by atoms with Crippen molar-refractivity contribution in [3.8, 4) is 0 Å². The van der Waals surface area contributed by atoms with Gasteiger partial charge in [-0.2, -0.15) is 0 Å². The van der Waals surface area contributed by atoms with Crippen molar-refractivity contribution in [2.75, 3.05) is 13.1 Å². The second kappa shape index (κ2) is 6.46. The van der Waals surface area contributed by atoms with Gasteiger partial charge in [0.2, 0.25) is 10.0 Å². The van der Waals surface area contributed by atoms with E-state index in [-0.39, 0.29) is 11.2 Å². The van der Waals surface area contributed by atoms with Gasteiger partial charge < -0.3 is 5.73 Å². The van der Waals surface area contributed by atoms with Gasteiger partial charge >= 0.3 is 0 Å². The highest BCUT2D eigenvalue weighted by Crippen LogP contribution is 2.31. The summed E-state index contributed by atoms with van der Waals surface area (Å²) in [7, 11) is -3.23. The zero-order valence-electron chi connectivity index (χ0n) is 13.0. The Morgan fingerprint density at radius 1 is 1.10 bits per heavy atom. The van der Waals surface area contributed by atoms with Crippen LogP contribution in [0.25, 0.3) is 0 Å². The van der Waals surface area contributed by atoms with Gasteiger partial charge in [0.05, 0.1) is 5.75 Å². The lowest BCUT2D eigenvalue weighted by Crippen LogP contribution is -2.33. The minimum absolute atomic E-state index is 0.0816. The molecule has 5 heteroatoms. The Labute approximate surface area is 128 Å². The van der Waals surface area contributed by atoms with Crippen molar-refractivity contribution in [2.24, 2.45) is 11.1 Å². The lowest BCUT2D eigenvalue weighted by Gasteiger charge is -2.23. The highest BCUT2D eigenvalue weighted by atomic mass is 32.2. The molecule has 0 radical (unpaired) electrons. The molecule has 2 rings (SSSR count). The molecule has 1 fully saturated rings. The minimum Gasteiger partial charge on any atom is -0.326 e. The molecule has 21 heavy (non-hydrogen) atoms. The summed E-state index contributed by atoms with van der Waals surface area (Å²) in [5.41, 5.74) is 7.65. The molecule has 2 N–H and O–H groups in total. The number of nitrogens with two attached hydrogens (primary N) is 1. The standard InChI is InChI=1S/C16H26N2O2S/c1-16(2)8-3-10-18(11-9-16)21(19,20)13-15-6-4-14(12-17)5-7-15/h4-7H,3,8-13,17H2,1-2H3. The molecular formula is C16H26N2O2S. The van der Waals surface area contributed by atoms with Gasteiger partial charge in [0, 0.05) is 19.6 Å². The number of hydrogen-bond acceptors (Lipinski definition) is 3. The maximum Gasteiger partial charge on any atom is 0.218 e. The van der Waals surface area contributed by atoms with E-state index in [0.717, 1.165) is 30.4 Å². The summed E-state index contributed by atoms with van der Waals surface area (Å²) >= 11 is 0. The molecule has 0 bridgehead atoms. The molecule has 118 valence electrons. The fourth-order valence-corrected chi connectivity index (χ4v) is 4.32. The monoisotopic (exact) mass is 310 g/mol. The van der Waals surface area contributed by atoms with Gasteiger partial charge in [0.15, 0.2) is 0 Å². The second-order valence-electron chi connectivity index (χ2n) is 6.69. The summed E-state index contributed by atoms with van der Waals surface area (Å²) in [6, 6.07) is 7.52. The molecule has 1 aromatic carbocycles. The summed E-state index contributed by atoms with van der Waals surface area (Å²) in [4.78, 5) is 0. The predicted octanol–water partition coefficient (Wildman–Crippen LogP) is 2.49. The SMILES string of the molecule is CC1(C)CCCN(S(=O)(=O)Cc2ccc(CN)cc2)CC1. The number of nitrogens with zero attached hydrogens (tertiary/aromatic N) is 1. The largest absolute Gasteiger partial charge is 0.326 e. The van der Waals surface area contributed by atoms with Crippen molar-refractivity contribution < 1.29 is 8.42 Å². The molecule has 0 aromatic heterocycles. The first kappa shape index (κ1) is 16.5. The first-order chi connectivity index (χ1) is 9.82. The average molecular weight is 310 g/mol. The molecule has 0 atom stereocenters. The van der Waals surface area contributed by atoms with Crippen LogP contribution in [0.5, 0.6) is 0 Å². The average Bonchev–Trinajstić information content (AvgIpc) is 2.60. The van der Waals surface area contributed by atoms with Crippen LogP contribution >= 0.6 is 0 Å². The lowest BCUT2D eigenvalue weighted by atomic mass is 9.85. The number of hydrogen-bond donors (Lipinski definition) is 1. The maximum atomic E-state index is 12.6. The zero-order valence-corrected chi connectivity index (χ0v) is 13.8. The Bertz CT molecular complexity index is 564. The van der Waals surface area contributed by atoms with Crippen molar-refractivity contribution in [3.63, 3.8) is 0 Å². The van der Waals surface area contributed by atoms with Crippen LogP contribution in [0.2, 0.25) is 0 Å². The molecular weight excluding hydrogens is 284 g/mol. The first-order valence-corrected chi connectivity index (χ1v) is 9.19. The normalized spacial score (nSPS) is 20.1. The van der Waals surface area contributed by atoms with Crippen LogP contribution in [0.4, 0.5) is 0 Å². The quantitative estimate of drug-likeness (QED) is 0.929. The van der Waals surface area contributed by atoms with E-state index in [1.807, 2.05) is 24.3 Å². The third-order valence-electron chi connectivity index (χ3n) is 4.30. The predicted molar refractivity (Wildman–Crippen MR) is 86.2 cm³/mol. The van der Waals surface area contributed by atoms with Gasteiger partial charge in [0.25, 0.3) is 0 Å². The molecule has 4 nitrogen and oxygen atoms in total. The van der Waals surface area contributed by atoms with E-state index in [1.165, 1.54) is 0 Å². The highest BCUT2D eigenvalue weighted by molar-refractivity contribution is 7.88. The van der Waals surface area contributed by atoms with Gasteiger partial charge in [-0.1, -0.05) is 38.1 Å². The van der Waals surface area contributed by atoms with Crippen LogP contribution in [-0.4, -0.2) is 25.8 Å². The number of benzene rings is 1. The van der Waals surface area contributed by atoms with E-state index in [9.17, 15) is 8.42 Å². The Kier molecular flexibility index (Phi) is 5.07. The molecule has 1 heterocycles. The van der Waals surface area contributed by atoms with E-state index >= 15 is 0 Å². The molecule has 0 aliphatic carbocycles. The Morgan fingerprint density at radius 2 is 1.71 bits per heavy atom. The van der Waals surface area contributed by atoms with Gasteiger partial charge in [-0.25, -0.2) is 12.7 Å². The van der Waals surface area contributed by atoms with Crippen molar-refractivity contribution in [3.05, 3.63) is 35.4 Å². The summed E-state index contributed by atoms with van der Waals surface area (Å²) < 4.78 is 26.8. The molecule has 0 saturated carbocycles. The molecule has 1 aliphatic rings. The van der Waals surface area contributed by atoms with Gasteiger partial charge in [-0.15, -0.1) is 0 Å². The molecule has 0 spiro atoms. The summed E-state index contributed by atoms with van der Waals surface area (Å²) in [5.74, 6) is 0.0816. The van der Waals surface area contributed by atoms with E-state index in [0.29, 0.717) is 19.6 Å². The highest BCUT2D eigenvalue weighted by Gasteiger charge is 2.29. The van der Waals surface area contributed by atoms with Crippen LogP contribution in [0.1, 0.15) is 44.2 Å². The summed E-state index contributed by atoms with van der Waals surface area (Å²) in [6.07, 6.45) is 2.96. The summed E-state index contributed by atoms with van der Waals surface area (Å²) in [6.45, 7) is 6.19. The smallest absolute Gasteiger partial charge is 0.218 e. The lowest BCUT2D eigenvalue weighted by molar-refractivity contribution is 0.314. The fraction of sp³-hybridized carbons (Fsp3) is 0.625. The third-order valence-corrected chi connectivity index (χ3v) is 6.15. The molecule has 0 amide bonds. The fourth-order valence-electron chi connectivity index (χ4n) is 2.75. The Hall–Kier alpha value is -0.910. The van der Waals surface area contributed by atoms with E-state index in [2.05, 4.69) is 13.8 Å². The Balaban J connectivity index is 2.06. The topological polar surface area (TPSA) is 63.4 Å². The first-order valence-electron chi connectivity index (χ1n) is 7.58. The van der Waals surface area contributed by atoms with Crippen LogP contribution in [0, 0.1) is 5.41 Å². The van der Waals surface area contributed by atoms with Crippen LogP contribution in [-0.2, 0) is 22.3 Å². The van der Waals surface area contributed by atoms with Crippen molar-refractivity contribution in [2.45, 2.75) is 45.4 Å². The maximum absolute atomic E-state index is 12.6.